The Kier molecular flexibility index (Phi) is 5.91. The lowest BCUT2D eigenvalue weighted by Gasteiger charge is -2.19. The molecule has 102 valence electrons. The molecule has 1 unspecified atom stereocenters. The van der Waals surface area contributed by atoms with Crippen molar-refractivity contribution in [1.29, 1.82) is 0 Å². The zero-order valence-electron chi connectivity index (χ0n) is 12.5. The summed E-state index contributed by atoms with van der Waals surface area (Å²) in [5.41, 5.74) is 3.15. The minimum Gasteiger partial charge on any atom is -0.0888 e. The molecule has 18 heavy (non-hydrogen) atoms. The van der Waals surface area contributed by atoms with Gasteiger partial charge in [-0.05, 0) is 41.7 Å². The van der Waals surface area contributed by atoms with Crippen LogP contribution in [-0.2, 0) is 11.8 Å². The molecule has 0 radical (unpaired) electrons. The van der Waals surface area contributed by atoms with E-state index in [4.69, 9.17) is 0 Å². The Morgan fingerprint density at radius 1 is 1.06 bits per heavy atom. The molecule has 0 saturated carbocycles. The first-order chi connectivity index (χ1) is 8.30. The van der Waals surface area contributed by atoms with Crippen molar-refractivity contribution in [2.75, 3.05) is 0 Å². The summed E-state index contributed by atoms with van der Waals surface area (Å²) in [7, 11) is 0. The van der Waals surface area contributed by atoms with Gasteiger partial charge in [0.25, 0.3) is 0 Å². The number of hydrogen-bond donors (Lipinski definition) is 0. The lowest BCUT2D eigenvalue weighted by molar-refractivity contribution is 0.562. The molecule has 0 saturated heterocycles. The van der Waals surface area contributed by atoms with Crippen LogP contribution in [0.4, 0.5) is 0 Å². The smallest absolute Gasteiger partial charge is 0.0168 e. The van der Waals surface area contributed by atoms with E-state index in [0.717, 1.165) is 5.92 Å². The monoisotopic (exact) mass is 310 g/mol. The first-order valence-electron chi connectivity index (χ1n) is 7.04. The standard InChI is InChI=1S/C17H27Br/c1-13(2)16(18)8-6-7-14-9-11-15(12-10-14)17(3,4)5/h9-13,16H,6-8H2,1-5H3. The highest BCUT2D eigenvalue weighted by Crippen LogP contribution is 2.23. The van der Waals surface area contributed by atoms with Crippen molar-refractivity contribution in [1.82, 2.24) is 0 Å². The first-order valence-corrected chi connectivity index (χ1v) is 7.96. The summed E-state index contributed by atoms with van der Waals surface area (Å²) in [6, 6.07) is 9.14. The predicted octanol–water partition coefficient (Wildman–Crippen LogP) is 5.73. The Morgan fingerprint density at radius 2 is 1.61 bits per heavy atom. The van der Waals surface area contributed by atoms with E-state index < -0.39 is 0 Å². The van der Waals surface area contributed by atoms with E-state index >= 15 is 0 Å². The Balaban J connectivity index is 2.45. The molecule has 0 amide bonds. The Bertz CT molecular complexity index is 343. The quantitative estimate of drug-likeness (QED) is 0.609. The van der Waals surface area contributed by atoms with E-state index in [0.29, 0.717) is 4.83 Å². The van der Waals surface area contributed by atoms with Gasteiger partial charge in [-0.2, -0.15) is 0 Å². The molecule has 1 aromatic carbocycles. The molecule has 0 heterocycles. The van der Waals surface area contributed by atoms with Gasteiger partial charge in [0, 0.05) is 4.83 Å². The summed E-state index contributed by atoms with van der Waals surface area (Å²) < 4.78 is 0. The van der Waals surface area contributed by atoms with E-state index in [9.17, 15) is 0 Å². The molecule has 0 N–H and O–H groups in total. The highest BCUT2D eigenvalue weighted by Gasteiger charge is 2.13. The molecule has 0 aliphatic rings. The third-order valence-corrected chi connectivity index (χ3v) is 5.00. The van der Waals surface area contributed by atoms with E-state index in [-0.39, 0.29) is 5.41 Å². The van der Waals surface area contributed by atoms with Crippen LogP contribution in [0.1, 0.15) is 58.6 Å². The molecule has 0 aromatic heterocycles. The minimum absolute atomic E-state index is 0.261. The summed E-state index contributed by atoms with van der Waals surface area (Å²) in [4.78, 5) is 0.659. The maximum atomic E-state index is 3.75. The van der Waals surface area contributed by atoms with Crippen LogP contribution in [0.25, 0.3) is 0 Å². The molecular weight excluding hydrogens is 284 g/mol. The molecule has 0 spiro atoms. The lowest BCUT2D eigenvalue weighted by atomic mass is 9.86. The topological polar surface area (TPSA) is 0 Å². The van der Waals surface area contributed by atoms with Crippen LogP contribution in [0.15, 0.2) is 24.3 Å². The van der Waals surface area contributed by atoms with Crippen LogP contribution in [-0.4, -0.2) is 4.83 Å². The van der Waals surface area contributed by atoms with E-state index in [1.54, 1.807) is 0 Å². The molecule has 1 atom stereocenters. The second kappa shape index (κ2) is 6.75. The Hall–Kier alpha value is -0.300. The SMILES string of the molecule is CC(C)C(Br)CCCc1ccc(C(C)(C)C)cc1. The summed E-state index contributed by atoms with van der Waals surface area (Å²) in [5, 5.41) is 0. The van der Waals surface area contributed by atoms with Crippen LogP contribution in [0, 0.1) is 5.92 Å². The summed E-state index contributed by atoms with van der Waals surface area (Å²) in [6.45, 7) is 11.3. The fourth-order valence-electron chi connectivity index (χ4n) is 2.01. The number of hydrogen-bond acceptors (Lipinski definition) is 0. The molecule has 1 heteroatoms. The summed E-state index contributed by atoms with van der Waals surface area (Å²) >= 11 is 3.75. The Morgan fingerprint density at radius 3 is 2.06 bits per heavy atom. The maximum Gasteiger partial charge on any atom is 0.0168 e. The second-order valence-electron chi connectivity index (χ2n) is 6.60. The van der Waals surface area contributed by atoms with Crippen molar-refractivity contribution < 1.29 is 0 Å². The van der Waals surface area contributed by atoms with Crippen LogP contribution in [0.5, 0.6) is 0 Å². The zero-order valence-corrected chi connectivity index (χ0v) is 14.0. The van der Waals surface area contributed by atoms with E-state index in [1.807, 2.05) is 0 Å². The minimum atomic E-state index is 0.261. The molecule has 0 aliphatic heterocycles. The highest BCUT2D eigenvalue weighted by atomic mass is 79.9. The van der Waals surface area contributed by atoms with Gasteiger partial charge in [0.1, 0.15) is 0 Å². The molecule has 0 aliphatic carbocycles. The molecule has 0 bridgehead atoms. The van der Waals surface area contributed by atoms with Crippen LogP contribution in [0.2, 0.25) is 0 Å². The van der Waals surface area contributed by atoms with Gasteiger partial charge in [0.15, 0.2) is 0 Å². The fourth-order valence-corrected chi connectivity index (χ4v) is 2.33. The predicted molar refractivity (Wildman–Crippen MR) is 85.6 cm³/mol. The zero-order chi connectivity index (χ0) is 13.8. The number of aryl methyl sites for hydroxylation is 1. The molecule has 1 aromatic rings. The van der Waals surface area contributed by atoms with E-state index in [1.165, 1.54) is 30.4 Å². The van der Waals surface area contributed by atoms with Crippen molar-refractivity contribution in [3.05, 3.63) is 35.4 Å². The van der Waals surface area contributed by atoms with Gasteiger partial charge in [0.2, 0.25) is 0 Å². The molecule has 0 fully saturated rings. The second-order valence-corrected chi connectivity index (χ2v) is 7.78. The largest absolute Gasteiger partial charge is 0.0888 e. The maximum absolute atomic E-state index is 3.75. The summed E-state index contributed by atoms with van der Waals surface area (Å²) in [5.74, 6) is 0.730. The Labute approximate surface area is 121 Å². The van der Waals surface area contributed by atoms with Crippen LogP contribution >= 0.6 is 15.9 Å². The highest BCUT2D eigenvalue weighted by molar-refractivity contribution is 9.09. The molecular formula is C17H27Br. The third kappa shape index (κ3) is 5.14. The van der Waals surface area contributed by atoms with Crippen molar-refractivity contribution in [2.24, 2.45) is 5.92 Å². The number of rotatable bonds is 5. The van der Waals surface area contributed by atoms with Gasteiger partial charge in [0.05, 0.1) is 0 Å². The van der Waals surface area contributed by atoms with Gasteiger partial charge in [-0.1, -0.05) is 74.8 Å². The third-order valence-electron chi connectivity index (χ3n) is 3.49. The van der Waals surface area contributed by atoms with Crippen LogP contribution in [0.3, 0.4) is 0 Å². The van der Waals surface area contributed by atoms with Crippen molar-refractivity contribution in [3.63, 3.8) is 0 Å². The molecule has 0 nitrogen and oxygen atoms in total. The average Bonchev–Trinajstić information content (AvgIpc) is 2.28. The summed E-state index contributed by atoms with van der Waals surface area (Å²) in [6.07, 6.45) is 3.72. The van der Waals surface area contributed by atoms with E-state index in [2.05, 4.69) is 74.8 Å². The number of halogens is 1. The van der Waals surface area contributed by atoms with Gasteiger partial charge in [-0.25, -0.2) is 0 Å². The van der Waals surface area contributed by atoms with Crippen molar-refractivity contribution in [3.8, 4) is 0 Å². The molecule has 1 rings (SSSR count). The first kappa shape index (κ1) is 15.8. The number of alkyl halides is 1. The lowest BCUT2D eigenvalue weighted by Crippen LogP contribution is -2.10. The van der Waals surface area contributed by atoms with Gasteiger partial charge in [-0.15, -0.1) is 0 Å². The van der Waals surface area contributed by atoms with Crippen LogP contribution < -0.4 is 0 Å². The van der Waals surface area contributed by atoms with Gasteiger partial charge in [-0.3, -0.25) is 0 Å². The van der Waals surface area contributed by atoms with Gasteiger partial charge < -0.3 is 0 Å². The van der Waals surface area contributed by atoms with Crippen molar-refractivity contribution >= 4 is 15.9 Å². The fraction of sp³-hybridized carbons (Fsp3) is 0.647. The van der Waals surface area contributed by atoms with Crippen molar-refractivity contribution in [2.45, 2.75) is 64.1 Å². The number of benzene rings is 1. The average molecular weight is 311 g/mol. The van der Waals surface area contributed by atoms with Gasteiger partial charge >= 0.3 is 0 Å². The normalized spacial score (nSPS) is 13.9.